The van der Waals surface area contributed by atoms with Crippen molar-refractivity contribution in [3.05, 3.63) is 59.9 Å². The van der Waals surface area contributed by atoms with E-state index in [0.717, 1.165) is 6.42 Å². The first kappa shape index (κ1) is 20.5. The first-order chi connectivity index (χ1) is 13.2. The molecule has 2 unspecified atom stereocenters. The molecule has 2 aromatic rings. The number of amides is 1. The Balaban J connectivity index is 1.87. The van der Waals surface area contributed by atoms with E-state index in [9.17, 15) is 17.6 Å². The molecule has 0 aromatic heterocycles. The monoisotopic (exact) mass is 404 g/mol. The lowest BCUT2D eigenvalue weighted by Crippen LogP contribution is -2.42. The zero-order valence-electron chi connectivity index (χ0n) is 16.3. The molecule has 150 valence electrons. The summed E-state index contributed by atoms with van der Waals surface area (Å²) >= 11 is 0. The summed E-state index contributed by atoms with van der Waals surface area (Å²) < 4.78 is 40.8. The second-order valence-electron chi connectivity index (χ2n) is 7.64. The molecule has 0 bridgehead atoms. The Labute approximate surface area is 165 Å². The van der Waals surface area contributed by atoms with E-state index in [0.29, 0.717) is 30.6 Å². The zero-order valence-corrected chi connectivity index (χ0v) is 17.1. The van der Waals surface area contributed by atoms with Gasteiger partial charge in [-0.25, -0.2) is 12.8 Å². The van der Waals surface area contributed by atoms with Gasteiger partial charge in [-0.3, -0.25) is 4.79 Å². The summed E-state index contributed by atoms with van der Waals surface area (Å²) in [4.78, 5) is 14.3. The molecule has 1 fully saturated rings. The van der Waals surface area contributed by atoms with Gasteiger partial charge in [0.05, 0.1) is 4.90 Å². The molecule has 1 heterocycles. The fourth-order valence-electron chi connectivity index (χ4n) is 3.72. The highest BCUT2D eigenvalue weighted by atomic mass is 32.2. The predicted molar refractivity (Wildman–Crippen MR) is 107 cm³/mol. The van der Waals surface area contributed by atoms with Crippen LogP contribution < -0.4 is 4.90 Å². The van der Waals surface area contributed by atoms with Crippen LogP contribution in [0.15, 0.2) is 53.4 Å². The van der Waals surface area contributed by atoms with E-state index >= 15 is 0 Å². The van der Waals surface area contributed by atoms with Crippen molar-refractivity contribution in [3.8, 4) is 0 Å². The maximum absolute atomic E-state index is 13.1. The third-order valence-corrected chi connectivity index (χ3v) is 6.90. The van der Waals surface area contributed by atoms with Gasteiger partial charge in [0, 0.05) is 31.4 Å². The number of hydrogen-bond acceptors (Lipinski definition) is 3. The standard InChI is InChI=1S/C21H25FN2O3S/c1-15-11-16(2)14-24(13-15)28(26,27)20-6-4-5-17(12-20)21(25)23(3)19-9-7-18(22)8-10-19/h4-10,12,15-16H,11,13-14H2,1-3H3. The maximum atomic E-state index is 13.1. The molecule has 28 heavy (non-hydrogen) atoms. The molecule has 7 heteroatoms. The van der Waals surface area contributed by atoms with Crippen molar-refractivity contribution in [2.24, 2.45) is 11.8 Å². The Morgan fingerprint density at radius 3 is 2.29 bits per heavy atom. The van der Waals surface area contributed by atoms with Crippen LogP contribution in [0, 0.1) is 17.7 Å². The number of halogens is 1. The first-order valence-corrected chi connectivity index (χ1v) is 10.8. The molecule has 0 N–H and O–H groups in total. The average Bonchev–Trinajstić information content (AvgIpc) is 2.67. The van der Waals surface area contributed by atoms with Crippen molar-refractivity contribution in [3.63, 3.8) is 0 Å². The molecule has 5 nitrogen and oxygen atoms in total. The van der Waals surface area contributed by atoms with Crippen molar-refractivity contribution in [1.29, 1.82) is 0 Å². The summed E-state index contributed by atoms with van der Waals surface area (Å²) in [6.07, 6.45) is 1.01. The van der Waals surface area contributed by atoms with Crippen LogP contribution in [0.1, 0.15) is 30.6 Å². The van der Waals surface area contributed by atoms with E-state index in [-0.39, 0.29) is 22.2 Å². The van der Waals surface area contributed by atoms with E-state index in [4.69, 9.17) is 0 Å². The minimum absolute atomic E-state index is 0.118. The Morgan fingerprint density at radius 2 is 1.68 bits per heavy atom. The van der Waals surface area contributed by atoms with E-state index in [1.54, 1.807) is 19.2 Å². The van der Waals surface area contributed by atoms with E-state index in [1.807, 2.05) is 0 Å². The molecular formula is C21H25FN2O3S. The largest absolute Gasteiger partial charge is 0.311 e. The van der Waals surface area contributed by atoms with Gasteiger partial charge in [0.15, 0.2) is 0 Å². The van der Waals surface area contributed by atoms with Gasteiger partial charge in [0.25, 0.3) is 5.91 Å². The van der Waals surface area contributed by atoms with Crippen LogP contribution in [0.4, 0.5) is 10.1 Å². The molecule has 1 saturated heterocycles. The molecule has 0 spiro atoms. The molecule has 0 radical (unpaired) electrons. The number of piperidine rings is 1. The zero-order chi connectivity index (χ0) is 20.5. The highest BCUT2D eigenvalue weighted by Gasteiger charge is 2.32. The van der Waals surface area contributed by atoms with E-state index in [2.05, 4.69) is 13.8 Å². The minimum atomic E-state index is -3.67. The second kappa shape index (κ2) is 8.01. The SMILES string of the molecule is CC1CC(C)CN(S(=O)(=O)c2cccc(C(=O)N(C)c3ccc(F)cc3)c2)C1. The van der Waals surface area contributed by atoms with Crippen LogP contribution >= 0.6 is 0 Å². The molecule has 0 saturated carbocycles. The fourth-order valence-corrected chi connectivity index (χ4v) is 5.44. The molecule has 1 aliphatic rings. The summed E-state index contributed by atoms with van der Waals surface area (Å²) in [5.74, 6) is -0.146. The molecule has 1 amide bonds. The molecular weight excluding hydrogens is 379 g/mol. The maximum Gasteiger partial charge on any atom is 0.258 e. The number of carbonyl (C=O) groups is 1. The number of anilines is 1. The molecule has 1 aliphatic heterocycles. The van der Waals surface area contributed by atoms with Crippen molar-refractivity contribution in [1.82, 2.24) is 4.31 Å². The number of sulfonamides is 1. The van der Waals surface area contributed by atoms with Crippen LogP contribution in [0.5, 0.6) is 0 Å². The first-order valence-electron chi connectivity index (χ1n) is 9.32. The molecule has 3 rings (SSSR count). The van der Waals surface area contributed by atoms with Crippen LogP contribution in [0.3, 0.4) is 0 Å². The number of hydrogen-bond donors (Lipinski definition) is 0. The number of carbonyl (C=O) groups excluding carboxylic acids is 1. The second-order valence-corrected chi connectivity index (χ2v) is 9.57. The number of rotatable bonds is 4. The number of benzene rings is 2. The van der Waals surface area contributed by atoms with Gasteiger partial charge in [-0.2, -0.15) is 4.31 Å². The predicted octanol–water partition coefficient (Wildman–Crippen LogP) is 3.77. The molecule has 2 aromatic carbocycles. The Morgan fingerprint density at radius 1 is 1.07 bits per heavy atom. The summed E-state index contributed by atoms with van der Waals surface area (Å²) in [5.41, 5.74) is 0.796. The summed E-state index contributed by atoms with van der Waals surface area (Å²) in [7, 11) is -2.09. The van der Waals surface area contributed by atoms with Crippen molar-refractivity contribution >= 4 is 21.6 Å². The van der Waals surface area contributed by atoms with Crippen LogP contribution in [0.25, 0.3) is 0 Å². The fraction of sp³-hybridized carbons (Fsp3) is 0.381. The lowest BCUT2D eigenvalue weighted by atomic mass is 9.94. The Kier molecular flexibility index (Phi) is 5.86. The Bertz CT molecular complexity index is 950. The average molecular weight is 405 g/mol. The Hall–Kier alpha value is -2.25. The van der Waals surface area contributed by atoms with E-state index < -0.39 is 10.0 Å². The van der Waals surface area contributed by atoms with Gasteiger partial charge in [0.2, 0.25) is 10.0 Å². The van der Waals surface area contributed by atoms with Gasteiger partial charge in [-0.1, -0.05) is 19.9 Å². The van der Waals surface area contributed by atoms with Gasteiger partial charge < -0.3 is 4.90 Å². The number of nitrogens with zero attached hydrogens (tertiary/aromatic N) is 2. The van der Waals surface area contributed by atoms with Crippen LogP contribution in [-0.4, -0.2) is 38.8 Å². The topological polar surface area (TPSA) is 57.7 Å². The lowest BCUT2D eigenvalue weighted by Gasteiger charge is -2.34. The summed E-state index contributed by atoms with van der Waals surface area (Å²) in [6.45, 7) is 5.08. The normalized spacial score (nSPS) is 20.7. The van der Waals surface area contributed by atoms with Gasteiger partial charge >= 0.3 is 0 Å². The summed E-state index contributed by atoms with van der Waals surface area (Å²) in [6, 6.07) is 11.7. The van der Waals surface area contributed by atoms with Gasteiger partial charge in [0.1, 0.15) is 5.82 Å². The molecule has 0 aliphatic carbocycles. The highest BCUT2D eigenvalue weighted by molar-refractivity contribution is 7.89. The molecule has 2 atom stereocenters. The van der Waals surface area contributed by atoms with E-state index in [1.165, 1.54) is 45.6 Å². The third-order valence-electron chi connectivity index (χ3n) is 5.07. The lowest BCUT2D eigenvalue weighted by molar-refractivity contribution is 0.0992. The smallest absolute Gasteiger partial charge is 0.258 e. The summed E-state index contributed by atoms with van der Waals surface area (Å²) in [5, 5.41) is 0. The third kappa shape index (κ3) is 4.25. The van der Waals surface area contributed by atoms with Crippen molar-refractivity contribution < 1.29 is 17.6 Å². The van der Waals surface area contributed by atoms with Gasteiger partial charge in [-0.15, -0.1) is 0 Å². The minimum Gasteiger partial charge on any atom is -0.311 e. The van der Waals surface area contributed by atoms with Gasteiger partial charge in [-0.05, 0) is 60.7 Å². The van der Waals surface area contributed by atoms with Crippen LogP contribution in [-0.2, 0) is 10.0 Å². The van der Waals surface area contributed by atoms with Crippen molar-refractivity contribution in [2.75, 3.05) is 25.0 Å². The van der Waals surface area contributed by atoms with Crippen molar-refractivity contribution in [2.45, 2.75) is 25.2 Å². The quantitative estimate of drug-likeness (QED) is 0.779. The van der Waals surface area contributed by atoms with Crippen LogP contribution in [0.2, 0.25) is 0 Å². The highest BCUT2D eigenvalue weighted by Crippen LogP contribution is 2.27.